The first-order valence-electron chi connectivity index (χ1n) is 10.1. The molecular weight excluding hydrogens is 308 g/mol. The molecule has 0 radical (unpaired) electrons. The second-order valence-electron chi connectivity index (χ2n) is 8.65. The van der Waals surface area contributed by atoms with Crippen molar-refractivity contribution in [3.63, 3.8) is 0 Å². The van der Waals surface area contributed by atoms with Crippen molar-refractivity contribution in [3.05, 3.63) is 41.0 Å². The first-order chi connectivity index (χ1) is 12.1. The van der Waals surface area contributed by atoms with Crippen LogP contribution in [0, 0.1) is 23.2 Å². The third-order valence-electron chi connectivity index (χ3n) is 7.87. The van der Waals surface area contributed by atoms with E-state index in [0.717, 1.165) is 30.8 Å². The molecule has 25 heavy (non-hydrogen) atoms. The average molecular weight is 341 g/mol. The molecule has 1 aromatic rings. The third kappa shape index (κ3) is 2.56. The predicted molar refractivity (Wildman–Crippen MR) is 102 cm³/mol. The van der Waals surface area contributed by atoms with Gasteiger partial charge in [0.15, 0.2) is 0 Å². The molecule has 2 fully saturated rings. The maximum absolute atomic E-state index is 9.87. The summed E-state index contributed by atoms with van der Waals surface area (Å²) in [6.07, 6.45) is 9.96. The number of aromatic hydroxyl groups is 1. The van der Waals surface area contributed by atoms with Gasteiger partial charge in [-0.2, -0.15) is 0 Å². The van der Waals surface area contributed by atoms with Gasteiger partial charge in [-0.1, -0.05) is 38.0 Å². The Balaban J connectivity index is 1.72. The molecule has 0 aliphatic heterocycles. The number of ether oxygens (including phenoxy) is 1. The van der Waals surface area contributed by atoms with Crippen molar-refractivity contribution in [3.8, 4) is 5.75 Å². The molecule has 4 rings (SSSR count). The molecule has 0 heterocycles. The van der Waals surface area contributed by atoms with Gasteiger partial charge in [0.1, 0.15) is 5.75 Å². The van der Waals surface area contributed by atoms with E-state index in [1.807, 2.05) is 12.1 Å². The Bertz CT molecular complexity index is 677. The number of allylic oxidation sites excluding steroid dienone is 1. The molecule has 0 saturated heterocycles. The SMILES string of the molecule is CCC1CC2c3ccc(O)cc3CCC2C2CC/C(=C\COC)C12C. The molecule has 2 saturated carbocycles. The van der Waals surface area contributed by atoms with E-state index < -0.39 is 0 Å². The molecule has 2 heteroatoms. The Kier molecular flexibility index (Phi) is 4.43. The van der Waals surface area contributed by atoms with Crippen molar-refractivity contribution >= 4 is 0 Å². The van der Waals surface area contributed by atoms with Crippen molar-refractivity contribution in [1.82, 2.24) is 0 Å². The van der Waals surface area contributed by atoms with Crippen LogP contribution in [0.15, 0.2) is 29.8 Å². The molecule has 0 bridgehead atoms. The number of phenolic OH excluding ortho intramolecular Hbond substituents is 1. The van der Waals surface area contributed by atoms with Gasteiger partial charge in [0.2, 0.25) is 0 Å². The summed E-state index contributed by atoms with van der Waals surface area (Å²) < 4.78 is 5.36. The van der Waals surface area contributed by atoms with Crippen LogP contribution >= 0.6 is 0 Å². The fourth-order valence-corrected chi connectivity index (χ4v) is 6.70. The van der Waals surface area contributed by atoms with Crippen LogP contribution in [0.1, 0.15) is 63.0 Å². The van der Waals surface area contributed by atoms with E-state index in [1.165, 1.54) is 43.2 Å². The van der Waals surface area contributed by atoms with Gasteiger partial charge in [-0.25, -0.2) is 0 Å². The highest BCUT2D eigenvalue weighted by atomic mass is 16.5. The number of hydrogen-bond acceptors (Lipinski definition) is 2. The number of methoxy groups -OCH3 is 1. The van der Waals surface area contributed by atoms with Gasteiger partial charge in [-0.3, -0.25) is 0 Å². The highest BCUT2D eigenvalue weighted by molar-refractivity contribution is 5.41. The number of benzene rings is 1. The Morgan fingerprint density at radius 2 is 2.12 bits per heavy atom. The minimum Gasteiger partial charge on any atom is -0.508 e. The zero-order chi connectivity index (χ0) is 17.6. The Morgan fingerprint density at radius 3 is 2.88 bits per heavy atom. The van der Waals surface area contributed by atoms with E-state index >= 15 is 0 Å². The summed E-state index contributed by atoms with van der Waals surface area (Å²) in [6, 6.07) is 6.13. The van der Waals surface area contributed by atoms with Crippen LogP contribution in [0.5, 0.6) is 5.75 Å². The van der Waals surface area contributed by atoms with E-state index in [9.17, 15) is 5.11 Å². The van der Waals surface area contributed by atoms with Crippen LogP contribution in [-0.4, -0.2) is 18.8 Å². The summed E-state index contributed by atoms with van der Waals surface area (Å²) in [5, 5.41) is 9.87. The lowest BCUT2D eigenvalue weighted by atomic mass is 9.50. The molecule has 1 N–H and O–H groups in total. The number of rotatable bonds is 3. The Hall–Kier alpha value is -1.28. The lowest BCUT2D eigenvalue weighted by molar-refractivity contribution is 0.0199. The van der Waals surface area contributed by atoms with E-state index in [0.29, 0.717) is 17.1 Å². The van der Waals surface area contributed by atoms with E-state index in [-0.39, 0.29) is 0 Å². The highest BCUT2D eigenvalue weighted by Crippen LogP contribution is 2.65. The summed E-state index contributed by atoms with van der Waals surface area (Å²) >= 11 is 0. The van der Waals surface area contributed by atoms with Crippen molar-refractivity contribution in [2.24, 2.45) is 23.2 Å². The van der Waals surface area contributed by atoms with Crippen molar-refractivity contribution < 1.29 is 9.84 Å². The maximum atomic E-state index is 9.87. The first-order valence-corrected chi connectivity index (χ1v) is 10.1. The molecule has 5 atom stereocenters. The van der Waals surface area contributed by atoms with Crippen LogP contribution in [0.4, 0.5) is 0 Å². The zero-order valence-electron chi connectivity index (χ0n) is 15.9. The number of aryl methyl sites for hydroxylation is 1. The summed E-state index contributed by atoms with van der Waals surface area (Å²) in [4.78, 5) is 0. The van der Waals surface area contributed by atoms with Crippen molar-refractivity contribution in [1.29, 1.82) is 0 Å². The summed E-state index contributed by atoms with van der Waals surface area (Å²) in [7, 11) is 1.80. The largest absolute Gasteiger partial charge is 0.508 e. The molecular formula is C23H32O2. The summed E-state index contributed by atoms with van der Waals surface area (Å²) in [5.74, 6) is 3.48. The van der Waals surface area contributed by atoms with Crippen LogP contribution in [-0.2, 0) is 11.2 Å². The van der Waals surface area contributed by atoms with E-state index in [4.69, 9.17) is 4.74 Å². The van der Waals surface area contributed by atoms with Crippen molar-refractivity contribution in [2.75, 3.05) is 13.7 Å². The van der Waals surface area contributed by atoms with Gasteiger partial charge in [-0.05, 0) is 84.5 Å². The van der Waals surface area contributed by atoms with Gasteiger partial charge in [-0.15, -0.1) is 0 Å². The van der Waals surface area contributed by atoms with Crippen LogP contribution in [0.25, 0.3) is 0 Å². The zero-order valence-corrected chi connectivity index (χ0v) is 15.9. The number of fused-ring (bicyclic) bond motifs is 5. The fraction of sp³-hybridized carbons (Fsp3) is 0.652. The normalized spacial score (nSPS) is 38.3. The van der Waals surface area contributed by atoms with Crippen molar-refractivity contribution in [2.45, 2.75) is 58.3 Å². The Labute approximate surface area is 152 Å². The predicted octanol–water partition coefficient (Wildman–Crippen LogP) is 5.46. The maximum Gasteiger partial charge on any atom is 0.115 e. The monoisotopic (exact) mass is 340 g/mol. The van der Waals surface area contributed by atoms with E-state index in [1.54, 1.807) is 12.7 Å². The lowest BCUT2D eigenvalue weighted by Crippen LogP contribution is -2.46. The minimum absolute atomic E-state index is 0.364. The van der Waals surface area contributed by atoms with Gasteiger partial charge in [0.05, 0.1) is 6.61 Å². The molecule has 1 aromatic carbocycles. The lowest BCUT2D eigenvalue weighted by Gasteiger charge is -2.54. The average Bonchev–Trinajstić information content (AvgIpc) is 2.95. The minimum atomic E-state index is 0.364. The Morgan fingerprint density at radius 1 is 1.28 bits per heavy atom. The van der Waals surface area contributed by atoms with Gasteiger partial charge in [0, 0.05) is 7.11 Å². The second-order valence-corrected chi connectivity index (χ2v) is 8.65. The van der Waals surface area contributed by atoms with Gasteiger partial charge < -0.3 is 9.84 Å². The molecule has 3 aliphatic rings. The molecule has 0 amide bonds. The molecule has 5 unspecified atom stereocenters. The first kappa shape index (κ1) is 17.1. The standard InChI is InChI=1S/C23H32O2/c1-4-16-14-21-19-9-7-18(24)13-15(19)5-8-20(21)22-10-6-17(11-12-25-3)23(16,22)2/h7,9,11,13,16,20-22,24H,4-6,8,10,12,14H2,1-3H3/b17-11+. The fourth-order valence-electron chi connectivity index (χ4n) is 6.70. The third-order valence-corrected chi connectivity index (χ3v) is 7.87. The van der Waals surface area contributed by atoms with E-state index in [2.05, 4.69) is 26.0 Å². The molecule has 3 aliphatic carbocycles. The second kappa shape index (κ2) is 6.46. The summed E-state index contributed by atoms with van der Waals surface area (Å²) in [5.41, 5.74) is 4.96. The molecule has 0 spiro atoms. The number of hydrogen-bond donors (Lipinski definition) is 1. The molecule has 136 valence electrons. The van der Waals surface area contributed by atoms with Gasteiger partial charge in [0.25, 0.3) is 0 Å². The highest BCUT2D eigenvalue weighted by Gasteiger charge is 2.56. The van der Waals surface area contributed by atoms with Crippen LogP contribution < -0.4 is 0 Å². The smallest absolute Gasteiger partial charge is 0.115 e. The molecule has 0 aromatic heterocycles. The quantitative estimate of drug-likeness (QED) is 0.741. The summed E-state index contributed by atoms with van der Waals surface area (Å²) in [6.45, 7) is 5.69. The van der Waals surface area contributed by atoms with Gasteiger partial charge >= 0.3 is 0 Å². The van der Waals surface area contributed by atoms with Crippen LogP contribution in [0.3, 0.4) is 0 Å². The number of phenols is 1. The molecule has 2 nitrogen and oxygen atoms in total. The topological polar surface area (TPSA) is 29.5 Å². The van der Waals surface area contributed by atoms with Crippen LogP contribution in [0.2, 0.25) is 0 Å².